The van der Waals surface area contributed by atoms with Gasteiger partial charge in [-0.3, -0.25) is 0 Å². The van der Waals surface area contributed by atoms with Crippen molar-refractivity contribution in [2.24, 2.45) is 0 Å². The van der Waals surface area contributed by atoms with Crippen molar-refractivity contribution >= 4 is 17.4 Å². The summed E-state index contributed by atoms with van der Waals surface area (Å²) in [4.78, 5) is 0. The topological polar surface area (TPSA) is 35.2 Å². The predicted molar refractivity (Wildman–Crippen MR) is 75.7 cm³/mol. The van der Waals surface area contributed by atoms with Crippen LogP contribution < -0.4 is 10.5 Å². The lowest BCUT2D eigenvalue weighted by molar-refractivity contribution is 0.320. The van der Waals surface area contributed by atoms with E-state index in [-0.39, 0.29) is 0 Å². The van der Waals surface area contributed by atoms with Gasteiger partial charge in [-0.1, -0.05) is 25.0 Å². The smallest absolute Gasteiger partial charge is 0.142 e. The van der Waals surface area contributed by atoms with Gasteiger partial charge in [0.15, 0.2) is 0 Å². The van der Waals surface area contributed by atoms with E-state index in [9.17, 15) is 0 Å². The average molecular weight is 251 g/mol. The number of ether oxygens (including phenoxy) is 1. The van der Waals surface area contributed by atoms with Gasteiger partial charge in [0.2, 0.25) is 0 Å². The van der Waals surface area contributed by atoms with Crippen molar-refractivity contribution in [2.45, 2.75) is 37.4 Å². The maximum atomic E-state index is 5.80. The number of rotatable bonds is 6. The molecule has 2 rings (SSSR count). The third kappa shape index (κ3) is 4.15. The van der Waals surface area contributed by atoms with Crippen molar-refractivity contribution in [1.82, 2.24) is 0 Å². The van der Waals surface area contributed by atoms with Gasteiger partial charge in [0.05, 0.1) is 12.3 Å². The summed E-state index contributed by atoms with van der Waals surface area (Å²) in [7, 11) is 0. The lowest BCUT2D eigenvalue weighted by Crippen LogP contribution is -2.03. The van der Waals surface area contributed by atoms with Gasteiger partial charge in [-0.05, 0) is 37.1 Å². The van der Waals surface area contributed by atoms with Gasteiger partial charge >= 0.3 is 0 Å². The Morgan fingerprint density at radius 1 is 1.24 bits per heavy atom. The number of nitrogens with two attached hydrogens (primary N) is 1. The van der Waals surface area contributed by atoms with Crippen LogP contribution in [0.5, 0.6) is 5.75 Å². The molecule has 2 N–H and O–H groups in total. The zero-order chi connectivity index (χ0) is 11.9. The Hall–Kier alpha value is -0.830. The van der Waals surface area contributed by atoms with Crippen molar-refractivity contribution in [1.29, 1.82) is 0 Å². The van der Waals surface area contributed by atoms with Crippen LogP contribution in [0, 0.1) is 0 Å². The van der Waals surface area contributed by atoms with Crippen LogP contribution in [-0.2, 0) is 0 Å². The van der Waals surface area contributed by atoms with E-state index in [2.05, 4.69) is 11.8 Å². The van der Waals surface area contributed by atoms with Crippen molar-refractivity contribution in [3.05, 3.63) is 24.3 Å². The van der Waals surface area contributed by atoms with Crippen molar-refractivity contribution < 1.29 is 4.74 Å². The molecular weight excluding hydrogens is 230 g/mol. The lowest BCUT2D eigenvalue weighted by Gasteiger charge is -2.10. The zero-order valence-electron chi connectivity index (χ0n) is 10.2. The van der Waals surface area contributed by atoms with Crippen molar-refractivity contribution in [3.63, 3.8) is 0 Å². The van der Waals surface area contributed by atoms with Gasteiger partial charge in [-0.25, -0.2) is 0 Å². The van der Waals surface area contributed by atoms with Crippen molar-refractivity contribution in [2.75, 3.05) is 18.1 Å². The van der Waals surface area contributed by atoms with Crippen LogP contribution in [0.25, 0.3) is 0 Å². The summed E-state index contributed by atoms with van der Waals surface area (Å²) >= 11 is 2.11. The van der Waals surface area contributed by atoms with Gasteiger partial charge in [-0.2, -0.15) is 11.8 Å². The van der Waals surface area contributed by atoms with E-state index in [1.165, 1.54) is 31.4 Å². The SMILES string of the molecule is Nc1ccccc1OCCCSC1CCCC1. The molecule has 1 aromatic rings. The number of anilines is 1. The Balaban J connectivity index is 1.58. The molecule has 1 aromatic carbocycles. The lowest BCUT2D eigenvalue weighted by atomic mass is 10.3. The Labute approximate surface area is 108 Å². The van der Waals surface area contributed by atoms with Crippen LogP contribution in [0.4, 0.5) is 5.69 Å². The summed E-state index contributed by atoms with van der Waals surface area (Å²) in [6.45, 7) is 0.772. The Morgan fingerprint density at radius 2 is 2.00 bits per heavy atom. The van der Waals surface area contributed by atoms with Gasteiger partial charge < -0.3 is 10.5 Å². The number of nitrogen functional groups attached to an aromatic ring is 1. The van der Waals surface area contributed by atoms with Gasteiger partial charge in [0.25, 0.3) is 0 Å². The van der Waals surface area contributed by atoms with E-state index < -0.39 is 0 Å². The molecule has 0 saturated heterocycles. The minimum absolute atomic E-state index is 0.732. The summed E-state index contributed by atoms with van der Waals surface area (Å²) in [5, 5.41) is 0.914. The molecule has 1 saturated carbocycles. The highest BCUT2D eigenvalue weighted by atomic mass is 32.2. The third-order valence-electron chi connectivity index (χ3n) is 3.12. The molecule has 0 aromatic heterocycles. The zero-order valence-corrected chi connectivity index (χ0v) is 11.0. The minimum Gasteiger partial charge on any atom is -0.491 e. The Morgan fingerprint density at radius 3 is 2.76 bits per heavy atom. The molecule has 1 fully saturated rings. The van der Waals surface area contributed by atoms with Gasteiger partial charge in [0.1, 0.15) is 5.75 Å². The molecule has 3 heteroatoms. The number of hydrogen-bond acceptors (Lipinski definition) is 3. The second-order valence-corrected chi connectivity index (χ2v) is 5.93. The summed E-state index contributed by atoms with van der Waals surface area (Å²) in [5.41, 5.74) is 6.54. The molecule has 0 heterocycles. The molecule has 0 bridgehead atoms. The van der Waals surface area contributed by atoms with Crippen LogP contribution in [-0.4, -0.2) is 17.6 Å². The first-order valence-electron chi connectivity index (χ1n) is 6.45. The van der Waals surface area contributed by atoms with Gasteiger partial charge in [0, 0.05) is 5.25 Å². The second kappa shape index (κ2) is 6.80. The van der Waals surface area contributed by atoms with E-state index in [1.54, 1.807) is 0 Å². The number of thioether (sulfide) groups is 1. The molecule has 0 unspecified atom stereocenters. The fourth-order valence-electron chi connectivity index (χ4n) is 2.16. The van der Waals surface area contributed by atoms with E-state index >= 15 is 0 Å². The molecule has 94 valence electrons. The van der Waals surface area contributed by atoms with E-state index in [1.807, 2.05) is 24.3 Å². The van der Waals surface area contributed by atoms with E-state index in [0.29, 0.717) is 0 Å². The fraction of sp³-hybridized carbons (Fsp3) is 0.571. The summed E-state index contributed by atoms with van der Waals surface area (Å²) < 4.78 is 5.66. The van der Waals surface area contributed by atoms with Crippen LogP contribution in [0.15, 0.2) is 24.3 Å². The maximum Gasteiger partial charge on any atom is 0.142 e. The van der Waals surface area contributed by atoms with Crippen molar-refractivity contribution in [3.8, 4) is 5.75 Å². The highest BCUT2D eigenvalue weighted by molar-refractivity contribution is 7.99. The first-order chi connectivity index (χ1) is 8.36. The quantitative estimate of drug-likeness (QED) is 0.618. The molecule has 0 amide bonds. The third-order valence-corrected chi connectivity index (χ3v) is 4.59. The minimum atomic E-state index is 0.732. The molecule has 1 aliphatic carbocycles. The van der Waals surface area contributed by atoms with Gasteiger partial charge in [-0.15, -0.1) is 0 Å². The summed E-state index contributed by atoms with van der Waals surface area (Å²) in [5.74, 6) is 2.02. The first kappa shape index (κ1) is 12.6. The summed E-state index contributed by atoms with van der Waals surface area (Å²) in [6, 6.07) is 7.69. The van der Waals surface area contributed by atoms with Crippen LogP contribution in [0.1, 0.15) is 32.1 Å². The van der Waals surface area contributed by atoms with Crippen LogP contribution >= 0.6 is 11.8 Å². The summed E-state index contributed by atoms with van der Waals surface area (Å²) in [6.07, 6.45) is 6.78. The second-order valence-electron chi connectivity index (χ2n) is 4.52. The Bertz CT molecular complexity index is 337. The molecule has 0 radical (unpaired) electrons. The van der Waals surface area contributed by atoms with E-state index in [0.717, 1.165) is 29.7 Å². The largest absolute Gasteiger partial charge is 0.491 e. The molecule has 0 atom stereocenters. The normalized spacial score (nSPS) is 16.2. The Kier molecular flexibility index (Phi) is 5.05. The standard InChI is InChI=1S/C14H21NOS/c15-13-8-3-4-9-14(13)16-10-5-11-17-12-6-1-2-7-12/h3-4,8-9,12H,1-2,5-7,10-11,15H2. The molecule has 17 heavy (non-hydrogen) atoms. The molecular formula is C14H21NOS. The molecule has 0 aliphatic heterocycles. The molecule has 0 spiro atoms. The number of hydrogen-bond donors (Lipinski definition) is 1. The first-order valence-corrected chi connectivity index (χ1v) is 7.50. The predicted octanol–water partition coefficient (Wildman–Crippen LogP) is 3.71. The monoisotopic (exact) mass is 251 g/mol. The van der Waals surface area contributed by atoms with Crippen LogP contribution in [0.3, 0.4) is 0 Å². The maximum absolute atomic E-state index is 5.80. The molecule has 2 nitrogen and oxygen atoms in total. The molecule has 1 aliphatic rings. The fourth-order valence-corrected chi connectivity index (χ4v) is 3.44. The highest BCUT2D eigenvalue weighted by Gasteiger charge is 2.14. The average Bonchev–Trinajstić information content (AvgIpc) is 2.84. The van der Waals surface area contributed by atoms with Crippen LogP contribution in [0.2, 0.25) is 0 Å². The highest BCUT2D eigenvalue weighted by Crippen LogP contribution is 2.29. The van der Waals surface area contributed by atoms with E-state index in [4.69, 9.17) is 10.5 Å². The number of benzene rings is 1. The number of para-hydroxylation sites is 2.